The van der Waals surface area contributed by atoms with E-state index in [1.165, 1.54) is 6.26 Å². The monoisotopic (exact) mass is 237 g/mol. The Morgan fingerprint density at radius 2 is 2.06 bits per heavy atom. The van der Waals surface area contributed by atoms with Crippen LogP contribution >= 0.6 is 11.6 Å². The Labute approximate surface area is 96.4 Å². The zero-order chi connectivity index (χ0) is 11.5. The van der Waals surface area contributed by atoms with E-state index in [1.807, 2.05) is 0 Å². The summed E-state index contributed by atoms with van der Waals surface area (Å²) in [6.45, 7) is 0. The molecule has 4 nitrogen and oxygen atoms in total. The van der Waals surface area contributed by atoms with E-state index in [-0.39, 0.29) is 6.42 Å². The van der Waals surface area contributed by atoms with Crippen LogP contribution < -0.4 is 0 Å². The lowest BCUT2D eigenvalue weighted by Gasteiger charge is -1.98. The summed E-state index contributed by atoms with van der Waals surface area (Å²) in [6, 6.07) is 6.98. The predicted molar refractivity (Wildman–Crippen MR) is 58.3 cm³/mol. The Kier molecular flexibility index (Phi) is 2.92. The third-order valence-corrected chi connectivity index (χ3v) is 2.35. The standard InChI is InChI=1S/C11H8ClNO3/c12-9-3-1-7(2-4-9)11-8(5-10(14)15)6-16-13-11/h1-4,6H,5H2,(H,14,15). The van der Waals surface area contributed by atoms with Crippen molar-refractivity contribution < 1.29 is 14.4 Å². The lowest BCUT2D eigenvalue weighted by Crippen LogP contribution is -2.00. The van der Waals surface area contributed by atoms with E-state index in [4.69, 9.17) is 21.2 Å². The van der Waals surface area contributed by atoms with Crippen molar-refractivity contribution in [3.63, 3.8) is 0 Å². The number of carbonyl (C=O) groups is 1. The van der Waals surface area contributed by atoms with Crippen LogP contribution in [0.15, 0.2) is 35.1 Å². The van der Waals surface area contributed by atoms with Gasteiger partial charge in [-0.2, -0.15) is 0 Å². The molecule has 82 valence electrons. The molecule has 0 amide bonds. The van der Waals surface area contributed by atoms with Crippen molar-refractivity contribution in [3.05, 3.63) is 41.1 Å². The van der Waals surface area contributed by atoms with E-state index in [0.717, 1.165) is 5.56 Å². The third-order valence-electron chi connectivity index (χ3n) is 2.10. The van der Waals surface area contributed by atoms with Gasteiger partial charge in [-0.3, -0.25) is 4.79 Å². The van der Waals surface area contributed by atoms with Gasteiger partial charge in [0, 0.05) is 16.1 Å². The first kappa shape index (κ1) is 10.7. The fraction of sp³-hybridized carbons (Fsp3) is 0.0909. The molecule has 0 bridgehead atoms. The molecule has 2 aromatic rings. The van der Waals surface area contributed by atoms with E-state index in [2.05, 4.69) is 5.16 Å². The van der Waals surface area contributed by atoms with Crippen LogP contribution in [0.1, 0.15) is 5.56 Å². The van der Waals surface area contributed by atoms with Gasteiger partial charge in [-0.05, 0) is 12.1 Å². The number of halogens is 1. The van der Waals surface area contributed by atoms with Gasteiger partial charge in [0.2, 0.25) is 0 Å². The summed E-state index contributed by atoms with van der Waals surface area (Å²) in [4.78, 5) is 10.6. The van der Waals surface area contributed by atoms with Crippen LogP contribution in [0.4, 0.5) is 0 Å². The van der Waals surface area contributed by atoms with Crippen LogP contribution in [-0.2, 0) is 11.2 Å². The van der Waals surface area contributed by atoms with Crippen molar-refractivity contribution in [2.24, 2.45) is 0 Å². The topological polar surface area (TPSA) is 63.3 Å². The second kappa shape index (κ2) is 4.37. The van der Waals surface area contributed by atoms with E-state index in [0.29, 0.717) is 16.3 Å². The number of benzene rings is 1. The molecule has 5 heteroatoms. The van der Waals surface area contributed by atoms with Crippen molar-refractivity contribution in [2.75, 3.05) is 0 Å². The first-order chi connectivity index (χ1) is 7.66. The lowest BCUT2D eigenvalue weighted by molar-refractivity contribution is -0.136. The Morgan fingerprint density at radius 1 is 1.38 bits per heavy atom. The molecule has 1 aromatic carbocycles. The van der Waals surface area contributed by atoms with Crippen molar-refractivity contribution in [1.29, 1.82) is 0 Å². The van der Waals surface area contributed by atoms with Crippen LogP contribution in [0, 0.1) is 0 Å². The SMILES string of the molecule is O=C(O)Cc1conc1-c1ccc(Cl)cc1. The van der Waals surface area contributed by atoms with Gasteiger partial charge in [0.05, 0.1) is 6.42 Å². The Hall–Kier alpha value is -1.81. The van der Waals surface area contributed by atoms with Gasteiger partial charge in [0.1, 0.15) is 12.0 Å². The fourth-order valence-corrected chi connectivity index (χ4v) is 1.52. The summed E-state index contributed by atoms with van der Waals surface area (Å²) >= 11 is 5.76. The molecule has 1 aromatic heterocycles. The maximum absolute atomic E-state index is 10.6. The molecule has 1 N–H and O–H groups in total. The molecule has 0 aliphatic carbocycles. The first-order valence-corrected chi connectivity index (χ1v) is 4.95. The lowest BCUT2D eigenvalue weighted by atomic mass is 10.1. The average Bonchev–Trinajstić information content (AvgIpc) is 2.66. The summed E-state index contributed by atoms with van der Waals surface area (Å²) in [7, 11) is 0. The van der Waals surface area contributed by atoms with E-state index in [9.17, 15) is 4.79 Å². The van der Waals surface area contributed by atoms with Gasteiger partial charge in [-0.15, -0.1) is 0 Å². The van der Waals surface area contributed by atoms with Crippen molar-refractivity contribution in [2.45, 2.75) is 6.42 Å². The number of hydrogen-bond acceptors (Lipinski definition) is 3. The summed E-state index contributed by atoms with van der Waals surface area (Å²) in [6.07, 6.45) is 1.24. The Morgan fingerprint density at radius 3 is 2.69 bits per heavy atom. The molecule has 0 saturated carbocycles. The Bertz CT molecular complexity index is 504. The van der Waals surface area contributed by atoms with Crippen LogP contribution in [0.25, 0.3) is 11.3 Å². The minimum absolute atomic E-state index is 0.110. The number of rotatable bonds is 3. The molecule has 16 heavy (non-hydrogen) atoms. The number of aromatic nitrogens is 1. The van der Waals surface area contributed by atoms with E-state index >= 15 is 0 Å². The van der Waals surface area contributed by atoms with Gasteiger partial charge in [-0.1, -0.05) is 28.9 Å². The van der Waals surface area contributed by atoms with Crippen LogP contribution in [0.2, 0.25) is 5.02 Å². The highest BCUT2D eigenvalue weighted by molar-refractivity contribution is 6.30. The highest BCUT2D eigenvalue weighted by Crippen LogP contribution is 2.24. The summed E-state index contributed by atoms with van der Waals surface area (Å²) in [5.74, 6) is -0.918. The zero-order valence-corrected chi connectivity index (χ0v) is 8.94. The second-order valence-corrected chi connectivity index (χ2v) is 3.70. The van der Waals surface area contributed by atoms with Crippen molar-refractivity contribution in [3.8, 4) is 11.3 Å². The molecular formula is C11H8ClNO3. The summed E-state index contributed by atoms with van der Waals surface area (Å²) in [5, 5.41) is 13.1. The molecule has 0 spiro atoms. The highest BCUT2D eigenvalue weighted by Gasteiger charge is 2.12. The number of nitrogens with zero attached hydrogens (tertiary/aromatic N) is 1. The summed E-state index contributed by atoms with van der Waals surface area (Å²) in [5.41, 5.74) is 1.88. The average molecular weight is 238 g/mol. The van der Waals surface area contributed by atoms with Crippen molar-refractivity contribution >= 4 is 17.6 Å². The van der Waals surface area contributed by atoms with Crippen LogP contribution in [0.3, 0.4) is 0 Å². The molecule has 0 saturated heterocycles. The number of hydrogen-bond donors (Lipinski definition) is 1. The highest BCUT2D eigenvalue weighted by atomic mass is 35.5. The molecular weight excluding hydrogens is 230 g/mol. The molecule has 2 rings (SSSR count). The molecule has 0 unspecified atom stereocenters. The molecule has 1 heterocycles. The zero-order valence-electron chi connectivity index (χ0n) is 8.18. The molecule has 0 aliphatic rings. The van der Waals surface area contributed by atoms with Gasteiger partial charge in [0.25, 0.3) is 0 Å². The third kappa shape index (κ3) is 2.23. The molecule has 0 atom stereocenters. The molecule has 0 radical (unpaired) electrons. The van der Waals surface area contributed by atoms with Crippen LogP contribution in [-0.4, -0.2) is 16.2 Å². The quantitative estimate of drug-likeness (QED) is 0.891. The molecule has 0 aliphatic heterocycles. The van der Waals surface area contributed by atoms with E-state index < -0.39 is 5.97 Å². The molecule has 0 fully saturated rings. The van der Waals surface area contributed by atoms with Gasteiger partial charge in [-0.25, -0.2) is 0 Å². The minimum atomic E-state index is -0.918. The first-order valence-electron chi connectivity index (χ1n) is 4.58. The maximum atomic E-state index is 10.6. The number of carboxylic acids is 1. The smallest absolute Gasteiger partial charge is 0.308 e. The van der Waals surface area contributed by atoms with Crippen molar-refractivity contribution in [1.82, 2.24) is 5.16 Å². The minimum Gasteiger partial charge on any atom is -0.481 e. The number of carboxylic acid groups (broad SMARTS) is 1. The van der Waals surface area contributed by atoms with Gasteiger partial charge in [0.15, 0.2) is 0 Å². The van der Waals surface area contributed by atoms with Gasteiger partial charge < -0.3 is 9.63 Å². The van der Waals surface area contributed by atoms with Gasteiger partial charge >= 0.3 is 5.97 Å². The normalized spacial score (nSPS) is 10.3. The fourth-order valence-electron chi connectivity index (χ4n) is 1.39. The summed E-state index contributed by atoms with van der Waals surface area (Å²) < 4.78 is 4.78. The van der Waals surface area contributed by atoms with Crippen LogP contribution in [0.5, 0.6) is 0 Å². The van der Waals surface area contributed by atoms with E-state index in [1.54, 1.807) is 24.3 Å². The number of aliphatic carboxylic acids is 1. The maximum Gasteiger partial charge on any atom is 0.308 e. The largest absolute Gasteiger partial charge is 0.481 e. The predicted octanol–water partition coefficient (Wildman–Crippen LogP) is 2.62. The second-order valence-electron chi connectivity index (χ2n) is 3.27. The Balaban J connectivity index is 2.36.